The maximum atomic E-state index is 12.3. The molecule has 3 heteroatoms. The minimum absolute atomic E-state index is 0.244. The average Bonchev–Trinajstić information content (AvgIpc) is 2.48. The summed E-state index contributed by atoms with van der Waals surface area (Å²) >= 11 is 0. The molecule has 3 nitrogen and oxygen atoms in total. The first-order valence-electron chi connectivity index (χ1n) is 7.71. The van der Waals surface area contributed by atoms with Crippen molar-refractivity contribution in [3.8, 4) is 0 Å². The molecule has 1 aromatic rings. The number of benzene rings is 1. The van der Waals surface area contributed by atoms with E-state index >= 15 is 0 Å². The molecule has 110 valence electrons. The molecule has 0 saturated carbocycles. The molecule has 1 atom stereocenters. The van der Waals surface area contributed by atoms with Crippen LogP contribution in [0.15, 0.2) is 24.3 Å². The van der Waals surface area contributed by atoms with Crippen molar-refractivity contribution in [1.29, 1.82) is 0 Å². The Morgan fingerprint density at radius 1 is 1.25 bits per heavy atom. The van der Waals surface area contributed by atoms with Crippen LogP contribution in [-0.2, 0) is 17.6 Å². The number of rotatable bonds is 4. The molecular weight excluding hydrogens is 248 g/mol. The van der Waals surface area contributed by atoms with E-state index in [1.807, 2.05) is 4.90 Å². The third kappa shape index (κ3) is 3.83. The van der Waals surface area contributed by atoms with Crippen LogP contribution >= 0.6 is 0 Å². The summed E-state index contributed by atoms with van der Waals surface area (Å²) in [6, 6.07) is 8.63. The summed E-state index contributed by atoms with van der Waals surface area (Å²) in [5.74, 6) is 0.820. The molecule has 0 radical (unpaired) electrons. The number of aryl methyl sites for hydroxylation is 1. The number of likely N-dealkylation sites (tertiary alicyclic amines) is 1. The summed E-state index contributed by atoms with van der Waals surface area (Å²) in [5, 5.41) is 0. The number of carbonyl (C=O) groups is 1. The van der Waals surface area contributed by atoms with Gasteiger partial charge in [0.2, 0.25) is 5.91 Å². The van der Waals surface area contributed by atoms with Gasteiger partial charge in [-0.2, -0.15) is 0 Å². The zero-order valence-corrected chi connectivity index (χ0v) is 12.6. The highest BCUT2D eigenvalue weighted by Gasteiger charge is 2.24. The Kier molecular flexibility index (Phi) is 5.18. The van der Waals surface area contributed by atoms with Crippen LogP contribution in [0.2, 0.25) is 0 Å². The Labute approximate surface area is 122 Å². The van der Waals surface area contributed by atoms with Gasteiger partial charge in [0.15, 0.2) is 0 Å². The second-order valence-corrected chi connectivity index (χ2v) is 5.92. The van der Waals surface area contributed by atoms with Gasteiger partial charge in [-0.25, -0.2) is 0 Å². The highest BCUT2D eigenvalue weighted by atomic mass is 16.2. The molecule has 0 spiro atoms. The largest absolute Gasteiger partial charge is 0.342 e. The normalized spacial score (nSPS) is 18.1. The number of amides is 1. The van der Waals surface area contributed by atoms with E-state index in [1.54, 1.807) is 0 Å². The molecule has 1 saturated heterocycles. The second-order valence-electron chi connectivity index (χ2n) is 5.92. The number of piperidine rings is 1. The third-order valence-electron chi connectivity index (χ3n) is 4.42. The predicted molar refractivity (Wildman–Crippen MR) is 82.5 cm³/mol. The van der Waals surface area contributed by atoms with Gasteiger partial charge in [0.05, 0.1) is 6.42 Å². The molecule has 1 unspecified atom stereocenters. The molecule has 1 fully saturated rings. The van der Waals surface area contributed by atoms with E-state index in [9.17, 15) is 4.79 Å². The molecular formula is C17H26N2O. The van der Waals surface area contributed by atoms with E-state index in [0.717, 1.165) is 37.9 Å². The summed E-state index contributed by atoms with van der Waals surface area (Å²) in [6.07, 6.45) is 3.64. The molecule has 1 aliphatic heterocycles. The topological polar surface area (TPSA) is 46.3 Å². The lowest BCUT2D eigenvalue weighted by Gasteiger charge is -2.33. The minimum atomic E-state index is 0.244. The fourth-order valence-corrected chi connectivity index (χ4v) is 2.85. The number of carbonyl (C=O) groups excluding carboxylic acids is 1. The number of nitrogens with two attached hydrogens (primary N) is 1. The van der Waals surface area contributed by atoms with Crippen LogP contribution in [0.5, 0.6) is 0 Å². The van der Waals surface area contributed by atoms with Crippen molar-refractivity contribution in [1.82, 2.24) is 4.90 Å². The molecule has 0 aliphatic carbocycles. The molecule has 20 heavy (non-hydrogen) atoms. The molecule has 1 heterocycles. The number of hydrogen-bond donors (Lipinski definition) is 1. The van der Waals surface area contributed by atoms with Gasteiger partial charge in [-0.1, -0.05) is 31.2 Å². The quantitative estimate of drug-likeness (QED) is 0.916. The summed E-state index contributed by atoms with van der Waals surface area (Å²) in [7, 11) is 0. The predicted octanol–water partition coefficient (Wildman–Crippen LogP) is 2.38. The minimum Gasteiger partial charge on any atom is -0.342 e. The standard InChI is InChI=1S/C17H26N2O/c1-3-14-4-6-15(7-5-14)12-17(20)19-10-8-16(9-11-19)13(2)18/h4-7,13,16H,3,8-12,18H2,1-2H3. The Balaban J connectivity index is 1.86. The molecule has 0 bridgehead atoms. The van der Waals surface area contributed by atoms with Crippen LogP contribution in [0.25, 0.3) is 0 Å². The fourth-order valence-electron chi connectivity index (χ4n) is 2.85. The van der Waals surface area contributed by atoms with Gasteiger partial charge in [-0.3, -0.25) is 4.79 Å². The van der Waals surface area contributed by atoms with Crippen LogP contribution in [-0.4, -0.2) is 29.9 Å². The van der Waals surface area contributed by atoms with E-state index in [2.05, 4.69) is 38.1 Å². The van der Waals surface area contributed by atoms with Crippen LogP contribution < -0.4 is 5.73 Å². The molecule has 2 rings (SSSR count). The van der Waals surface area contributed by atoms with Crippen molar-refractivity contribution in [2.75, 3.05) is 13.1 Å². The first-order chi connectivity index (χ1) is 9.60. The van der Waals surface area contributed by atoms with Crippen LogP contribution in [0, 0.1) is 5.92 Å². The van der Waals surface area contributed by atoms with E-state index in [0.29, 0.717) is 12.3 Å². The van der Waals surface area contributed by atoms with Gasteiger partial charge < -0.3 is 10.6 Å². The summed E-state index contributed by atoms with van der Waals surface area (Å²) in [5.41, 5.74) is 8.37. The Morgan fingerprint density at radius 3 is 2.30 bits per heavy atom. The zero-order chi connectivity index (χ0) is 14.5. The highest BCUT2D eigenvalue weighted by molar-refractivity contribution is 5.78. The Bertz CT molecular complexity index is 431. The smallest absolute Gasteiger partial charge is 0.226 e. The van der Waals surface area contributed by atoms with Crippen molar-refractivity contribution in [3.05, 3.63) is 35.4 Å². The summed E-state index contributed by atoms with van der Waals surface area (Å²) < 4.78 is 0. The summed E-state index contributed by atoms with van der Waals surface area (Å²) in [4.78, 5) is 14.3. The van der Waals surface area contributed by atoms with Crippen LogP contribution in [0.3, 0.4) is 0 Å². The number of hydrogen-bond acceptors (Lipinski definition) is 2. The van der Waals surface area contributed by atoms with Gasteiger partial charge in [-0.15, -0.1) is 0 Å². The highest BCUT2D eigenvalue weighted by Crippen LogP contribution is 2.20. The Morgan fingerprint density at radius 2 is 1.80 bits per heavy atom. The molecule has 1 aliphatic rings. The third-order valence-corrected chi connectivity index (χ3v) is 4.42. The zero-order valence-electron chi connectivity index (χ0n) is 12.6. The SMILES string of the molecule is CCc1ccc(CC(=O)N2CCC(C(C)N)CC2)cc1. The maximum Gasteiger partial charge on any atom is 0.226 e. The van der Waals surface area contributed by atoms with Crippen molar-refractivity contribution in [2.45, 2.75) is 45.6 Å². The first-order valence-corrected chi connectivity index (χ1v) is 7.71. The fraction of sp³-hybridized carbons (Fsp3) is 0.588. The molecule has 0 aromatic heterocycles. The van der Waals surface area contributed by atoms with Crippen LogP contribution in [0.1, 0.15) is 37.8 Å². The molecule has 1 amide bonds. The van der Waals surface area contributed by atoms with Crippen LogP contribution in [0.4, 0.5) is 0 Å². The molecule has 2 N–H and O–H groups in total. The van der Waals surface area contributed by atoms with E-state index in [-0.39, 0.29) is 11.9 Å². The van der Waals surface area contributed by atoms with Crippen molar-refractivity contribution >= 4 is 5.91 Å². The van der Waals surface area contributed by atoms with Gasteiger partial charge in [0, 0.05) is 19.1 Å². The lowest BCUT2D eigenvalue weighted by Crippen LogP contribution is -2.43. The van der Waals surface area contributed by atoms with Crippen molar-refractivity contribution in [3.63, 3.8) is 0 Å². The van der Waals surface area contributed by atoms with E-state index in [1.165, 1.54) is 5.56 Å². The first kappa shape index (κ1) is 15.0. The number of nitrogens with zero attached hydrogens (tertiary/aromatic N) is 1. The lowest BCUT2D eigenvalue weighted by molar-refractivity contribution is -0.131. The van der Waals surface area contributed by atoms with Gasteiger partial charge in [-0.05, 0) is 43.2 Å². The maximum absolute atomic E-state index is 12.3. The van der Waals surface area contributed by atoms with E-state index < -0.39 is 0 Å². The van der Waals surface area contributed by atoms with Crippen molar-refractivity contribution in [2.24, 2.45) is 11.7 Å². The lowest BCUT2D eigenvalue weighted by atomic mass is 9.91. The van der Waals surface area contributed by atoms with Crippen molar-refractivity contribution < 1.29 is 4.79 Å². The summed E-state index contributed by atoms with van der Waals surface area (Å²) in [6.45, 7) is 5.93. The second kappa shape index (κ2) is 6.89. The van der Waals surface area contributed by atoms with Gasteiger partial charge >= 0.3 is 0 Å². The van der Waals surface area contributed by atoms with Gasteiger partial charge in [0.1, 0.15) is 0 Å². The Hall–Kier alpha value is -1.35. The monoisotopic (exact) mass is 274 g/mol. The van der Waals surface area contributed by atoms with Gasteiger partial charge in [0.25, 0.3) is 0 Å². The van der Waals surface area contributed by atoms with E-state index in [4.69, 9.17) is 5.73 Å². The average molecular weight is 274 g/mol. The molecule has 1 aromatic carbocycles.